The molecule has 0 aromatic heterocycles. The van der Waals surface area contributed by atoms with Gasteiger partial charge in [0, 0.05) is 6.54 Å². The van der Waals surface area contributed by atoms with Gasteiger partial charge < -0.3 is 5.32 Å². The molecule has 0 spiro atoms. The molecule has 1 N–H and O–H groups in total. The van der Waals surface area contributed by atoms with Crippen LogP contribution in [-0.2, 0) is 6.54 Å². The van der Waals surface area contributed by atoms with E-state index in [1.165, 1.54) is 0 Å². The Balaban J connectivity index is 2.08. The predicted octanol–water partition coefficient (Wildman–Crippen LogP) is 3.42. The second-order valence-corrected chi connectivity index (χ2v) is 4.64. The summed E-state index contributed by atoms with van der Waals surface area (Å²) >= 11 is 5.42. The van der Waals surface area contributed by atoms with Gasteiger partial charge in [-0.25, -0.2) is 8.78 Å². The highest BCUT2D eigenvalue weighted by Gasteiger charge is 2.15. The molecule has 0 heterocycles. The summed E-state index contributed by atoms with van der Waals surface area (Å²) in [4.78, 5) is 11.8. The molecule has 6 heteroatoms. The van der Waals surface area contributed by atoms with E-state index in [0.717, 1.165) is 17.7 Å². The minimum Gasteiger partial charge on any atom is -0.348 e. The van der Waals surface area contributed by atoms with E-state index in [2.05, 4.69) is 5.32 Å². The van der Waals surface area contributed by atoms with Crippen molar-refractivity contribution in [1.82, 2.24) is 5.32 Å². The van der Waals surface area contributed by atoms with Crippen molar-refractivity contribution in [2.75, 3.05) is 0 Å². The number of rotatable bonds is 3. The summed E-state index contributed by atoms with van der Waals surface area (Å²) in [5, 5.41) is 10.8. The van der Waals surface area contributed by atoms with Crippen molar-refractivity contribution in [3.63, 3.8) is 0 Å². The quantitative estimate of drug-likeness (QED) is 0.883. The maximum Gasteiger partial charge on any atom is 0.254 e. The van der Waals surface area contributed by atoms with E-state index in [-0.39, 0.29) is 11.6 Å². The van der Waals surface area contributed by atoms with Crippen LogP contribution in [0.5, 0.6) is 0 Å². The predicted molar refractivity (Wildman–Crippen MR) is 73.7 cm³/mol. The Hall–Kier alpha value is -2.45. The van der Waals surface area contributed by atoms with E-state index in [9.17, 15) is 13.6 Å². The Morgan fingerprint density at radius 3 is 2.48 bits per heavy atom. The second-order valence-electron chi connectivity index (χ2n) is 4.24. The third-order valence-corrected chi connectivity index (χ3v) is 3.08. The number of nitriles is 1. The highest BCUT2D eigenvalue weighted by Crippen LogP contribution is 2.19. The van der Waals surface area contributed by atoms with Crippen LogP contribution in [0, 0.1) is 23.0 Å². The topological polar surface area (TPSA) is 52.9 Å². The first-order valence-corrected chi connectivity index (χ1v) is 6.31. The zero-order chi connectivity index (χ0) is 15.4. The summed E-state index contributed by atoms with van der Waals surface area (Å²) in [5.41, 5.74) is 0.818. The summed E-state index contributed by atoms with van der Waals surface area (Å²) in [6, 6.07) is 10.0. The minimum atomic E-state index is -0.890. The van der Waals surface area contributed by atoms with Crippen LogP contribution in [0.3, 0.4) is 0 Å². The van der Waals surface area contributed by atoms with Crippen molar-refractivity contribution in [1.29, 1.82) is 5.26 Å². The summed E-state index contributed by atoms with van der Waals surface area (Å²) in [6.45, 7) is 0.133. The molecular formula is C15H9ClF2N2O. The van der Waals surface area contributed by atoms with Gasteiger partial charge in [-0.05, 0) is 29.8 Å². The second kappa shape index (κ2) is 6.33. The Morgan fingerprint density at radius 1 is 1.19 bits per heavy atom. The first-order chi connectivity index (χ1) is 10.0. The molecule has 106 valence electrons. The monoisotopic (exact) mass is 306 g/mol. The maximum atomic E-state index is 13.6. The van der Waals surface area contributed by atoms with Gasteiger partial charge in [-0.1, -0.05) is 23.7 Å². The van der Waals surface area contributed by atoms with Crippen molar-refractivity contribution in [2.24, 2.45) is 0 Å². The van der Waals surface area contributed by atoms with Crippen molar-refractivity contribution in [3.05, 3.63) is 69.7 Å². The van der Waals surface area contributed by atoms with Crippen LogP contribution in [0.4, 0.5) is 8.78 Å². The average molecular weight is 307 g/mol. The zero-order valence-corrected chi connectivity index (χ0v) is 11.4. The van der Waals surface area contributed by atoms with Gasteiger partial charge in [0.25, 0.3) is 5.91 Å². The Morgan fingerprint density at radius 2 is 1.86 bits per heavy atom. The third-order valence-electron chi connectivity index (χ3n) is 2.79. The van der Waals surface area contributed by atoms with Crippen molar-refractivity contribution in [2.45, 2.75) is 6.54 Å². The van der Waals surface area contributed by atoms with E-state index >= 15 is 0 Å². The number of carbonyl (C=O) groups excluding carboxylic acids is 1. The summed E-state index contributed by atoms with van der Waals surface area (Å²) in [6.07, 6.45) is 0. The van der Waals surface area contributed by atoms with Crippen molar-refractivity contribution < 1.29 is 13.6 Å². The van der Waals surface area contributed by atoms with Gasteiger partial charge in [0.1, 0.15) is 11.6 Å². The van der Waals surface area contributed by atoms with Crippen LogP contribution >= 0.6 is 11.6 Å². The summed E-state index contributed by atoms with van der Waals surface area (Å²) in [7, 11) is 0. The molecule has 2 aromatic rings. The molecule has 0 aliphatic carbocycles. The Labute approximate surface area is 124 Å². The lowest BCUT2D eigenvalue weighted by atomic mass is 10.1. The SMILES string of the molecule is N#Cc1ccc(CNC(=O)c2cc(F)c(Cl)cc2F)cc1. The number of benzene rings is 2. The number of carbonyl (C=O) groups is 1. The largest absolute Gasteiger partial charge is 0.348 e. The molecule has 0 aliphatic rings. The fourth-order valence-electron chi connectivity index (χ4n) is 1.67. The van der Waals surface area contributed by atoms with Crippen LogP contribution in [-0.4, -0.2) is 5.91 Å². The standard InChI is InChI=1S/C15H9ClF2N2O/c16-12-6-13(17)11(5-14(12)18)15(21)20-8-10-3-1-9(7-19)2-4-10/h1-6H,8H2,(H,20,21). The zero-order valence-electron chi connectivity index (χ0n) is 10.7. The number of amides is 1. The van der Waals surface area contributed by atoms with Gasteiger partial charge in [0.05, 0.1) is 22.2 Å². The van der Waals surface area contributed by atoms with Gasteiger partial charge in [-0.3, -0.25) is 4.79 Å². The molecule has 0 aliphatic heterocycles. The smallest absolute Gasteiger partial charge is 0.254 e. The molecule has 0 atom stereocenters. The van der Waals surface area contributed by atoms with Gasteiger partial charge in [0.15, 0.2) is 0 Å². The number of nitrogens with one attached hydrogen (secondary N) is 1. The molecule has 0 saturated heterocycles. The van der Waals surface area contributed by atoms with Crippen LogP contribution in [0.25, 0.3) is 0 Å². The Kier molecular flexibility index (Phi) is 4.51. The van der Waals surface area contributed by atoms with Crippen LogP contribution in [0.1, 0.15) is 21.5 Å². The maximum absolute atomic E-state index is 13.6. The molecule has 2 rings (SSSR count). The molecule has 1 amide bonds. The Bertz CT molecular complexity index is 724. The lowest BCUT2D eigenvalue weighted by Gasteiger charge is -2.07. The van der Waals surface area contributed by atoms with E-state index in [1.54, 1.807) is 24.3 Å². The van der Waals surface area contributed by atoms with Crippen LogP contribution < -0.4 is 5.32 Å². The number of hydrogen-bond acceptors (Lipinski definition) is 2. The molecule has 0 bridgehead atoms. The molecule has 0 saturated carbocycles. The van der Waals surface area contributed by atoms with Crippen LogP contribution in [0.2, 0.25) is 5.02 Å². The molecule has 21 heavy (non-hydrogen) atoms. The third kappa shape index (κ3) is 3.56. The average Bonchev–Trinajstić information content (AvgIpc) is 2.49. The lowest BCUT2D eigenvalue weighted by molar-refractivity contribution is 0.0946. The highest BCUT2D eigenvalue weighted by molar-refractivity contribution is 6.30. The first kappa shape index (κ1) is 14.9. The first-order valence-electron chi connectivity index (χ1n) is 5.93. The van der Waals surface area contributed by atoms with E-state index in [4.69, 9.17) is 16.9 Å². The fourth-order valence-corrected chi connectivity index (χ4v) is 1.82. The van der Waals surface area contributed by atoms with E-state index in [1.807, 2.05) is 6.07 Å². The van der Waals surface area contributed by atoms with Crippen molar-refractivity contribution in [3.8, 4) is 6.07 Å². The lowest BCUT2D eigenvalue weighted by Crippen LogP contribution is -2.24. The summed E-state index contributed by atoms with van der Waals surface area (Å²) in [5.74, 6) is -2.49. The molecule has 0 fully saturated rings. The number of halogens is 3. The molecular weight excluding hydrogens is 298 g/mol. The molecule has 3 nitrogen and oxygen atoms in total. The normalized spacial score (nSPS) is 10.0. The number of nitrogens with zero attached hydrogens (tertiary/aromatic N) is 1. The highest BCUT2D eigenvalue weighted by atomic mass is 35.5. The van der Waals surface area contributed by atoms with Gasteiger partial charge in [0.2, 0.25) is 0 Å². The van der Waals surface area contributed by atoms with E-state index in [0.29, 0.717) is 5.56 Å². The minimum absolute atomic E-state index is 0.133. The van der Waals surface area contributed by atoms with Gasteiger partial charge in [-0.15, -0.1) is 0 Å². The fraction of sp³-hybridized carbons (Fsp3) is 0.0667. The van der Waals surface area contributed by atoms with Crippen molar-refractivity contribution >= 4 is 17.5 Å². The molecule has 0 unspecified atom stereocenters. The molecule has 2 aromatic carbocycles. The van der Waals surface area contributed by atoms with Crippen LogP contribution in [0.15, 0.2) is 36.4 Å². The summed E-state index contributed by atoms with van der Waals surface area (Å²) < 4.78 is 26.8. The van der Waals surface area contributed by atoms with E-state index < -0.39 is 23.1 Å². The van der Waals surface area contributed by atoms with Gasteiger partial charge >= 0.3 is 0 Å². The molecule has 0 radical (unpaired) electrons. The number of hydrogen-bond donors (Lipinski definition) is 1. The van der Waals surface area contributed by atoms with Gasteiger partial charge in [-0.2, -0.15) is 5.26 Å².